The lowest BCUT2D eigenvalue weighted by molar-refractivity contribution is 0.0754. The standard InChI is InChI=1S/C21H20FN3O/c22-18-7-4-15(5-8-18)17-3-1-2-12-25(14-17)21(26)16-6-9-19-20(13-16)24-11-10-23-19/h4-11,13,17H,1-3,12,14H2/t17-/m0/s1. The Hall–Kier alpha value is -2.82. The average molecular weight is 349 g/mol. The van der Waals surface area contributed by atoms with Gasteiger partial charge in [0, 0.05) is 37.0 Å². The number of nitrogens with zero attached hydrogens (tertiary/aromatic N) is 3. The van der Waals surface area contributed by atoms with Gasteiger partial charge in [0.05, 0.1) is 11.0 Å². The lowest BCUT2D eigenvalue weighted by Gasteiger charge is -2.25. The Labute approximate surface area is 151 Å². The second-order valence-corrected chi connectivity index (χ2v) is 6.76. The number of aromatic nitrogens is 2. The first-order valence-electron chi connectivity index (χ1n) is 8.96. The molecule has 1 atom stereocenters. The van der Waals surface area contributed by atoms with E-state index in [0.717, 1.165) is 42.4 Å². The van der Waals surface area contributed by atoms with Gasteiger partial charge in [-0.3, -0.25) is 14.8 Å². The van der Waals surface area contributed by atoms with E-state index in [1.54, 1.807) is 12.4 Å². The number of rotatable bonds is 2. The smallest absolute Gasteiger partial charge is 0.253 e. The largest absolute Gasteiger partial charge is 0.338 e. The molecule has 5 heteroatoms. The van der Waals surface area contributed by atoms with Crippen molar-refractivity contribution in [2.75, 3.05) is 13.1 Å². The van der Waals surface area contributed by atoms with Gasteiger partial charge in [-0.15, -0.1) is 0 Å². The van der Waals surface area contributed by atoms with Gasteiger partial charge in [0.25, 0.3) is 5.91 Å². The number of halogens is 1. The number of carbonyl (C=O) groups excluding carboxylic acids is 1. The Kier molecular flexibility index (Phi) is 4.61. The zero-order valence-electron chi connectivity index (χ0n) is 14.4. The highest BCUT2D eigenvalue weighted by atomic mass is 19.1. The molecule has 4 nitrogen and oxygen atoms in total. The Morgan fingerprint density at radius 1 is 1.00 bits per heavy atom. The first kappa shape index (κ1) is 16.6. The maximum atomic E-state index is 13.2. The zero-order valence-corrected chi connectivity index (χ0v) is 14.4. The maximum Gasteiger partial charge on any atom is 0.253 e. The normalized spacial score (nSPS) is 17.9. The summed E-state index contributed by atoms with van der Waals surface area (Å²) in [5, 5.41) is 0. The van der Waals surface area contributed by atoms with Crippen molar-refractivity contribution in [2.45, 2.75) is 25.2 Å². The molecule has 2 heterocycles. The number of hydrogen-bond acceptors (Lipinski definition) is 3. The molecule has 132 valence electrons. The Balaban J connectivity index is 1.58. The van der Waals surface area contributed by atoms with Crippen LogP contribution in [0.15, 0.2) is 54.9 Å². The molecule has 0 saturated carbocycles. The topological polar surface area (TPSA) is 46.1 Å². The Bertz CT molecular complexity index is 926. The van der Waals surface area contributed by atoms with Gasteiger partial charge < -0.3 is 4.90 Å². The monoisotopic (exact) mass is 349 g/mol. The van der Waals surface area contributed by atoms with Crippen LogP contribution in [0.5, 0.6) is 0 Å². The van der Waals surface area contributed by atoms with Gasteiger partial charge in [-0.1, -0.05) is 18.6 Å². The molecule has 2 aromatic carbocycles. The number of likely N-dealkylation sites (tertiary alicyclic amines) is 1. The summed E-state index contributed by atoms with van der Waals surface area (Å²) in [6.45, 7) is 1.40. The van der Waals surface area contributed by atoms with Crippen LogP contribution < -0.4 is 0 Å². The minimum Gasteiger partial charge on any atom is -0.338 e. The number of fused-ring (bicyclic) bond motifs is 1. The molecule has 1 aliphatic rings. The molecular formula is C21H20FN3O. The van der Waals surface area contributed by atoms with Gasteiger partial charge in [0.2, 0.25) is 0 Å². The van der Waals surface area contributed by atoms with E-state index in [9.17, 15) is 9.18 Å². The molecular weight excluding hydrogens is 329 g/mol. The summed E-state index contributed by atoms with van der Waals surface area (Å²) >= 11 is 0. The van der Waals surface area contributed by atoms with Gasteiger partial charge in [-0.05, 0) is 48.7 Å². The Morgan fingerprint density at radius 3 is 2.58 bits per heavy atom. The van der Waals surface area contributed by atoms with Gasteiger partial charge in [-0.25, -0.2) is 4.39 Å². The van der Waals surface area contributed by atoms with E-state index in [-0.39, 0.29) is 17.6 Å². The SMILES string of the molecule is O=C(c1ccc2nccnc2c1)N1CCCC[C@H](c2ccc(F)cc2)C1. The fourth-order valence-electron chi connectivity index (χ4n) is 3.61. The van der Waals surface area contributed by atoms with Gasteiger partial charge >= 0.3 is 0 Å². The zero-order chi connectivity index (χ0) is 17.9. The molecule has 1 saturated heterocycles. The van der Waals surface area contributed by atoms with Crippen molar-refractivity contribution in [2.24, 2.45) is 0 Å². The summed E-state index contributed by atoms with van der Waals surface area (Å²) in [6, 6.07) is 12.1. The molecule has 1 aromatic heterocycles. The van der Waals surface area contributed by atoms with Crippen molar-refractivity contribution in [1.82, 2.24) is 14.9 Å². The van der Waals surface area contributed by atoms with Crippen LogP contribution in [0.4, 0.5) is 4.39 Å². The highest BCUT2D eigenvalue weighted by molar-refractivity contribution is 5.97. The minimum absolute atomic E-state index is 0.0200. The molecule has 26 heavy (non-hydrogen) atoms. The van der Waals surface area contributed by atoms with E-state index < -0.39 is 0 Å². The third-order valence-corrected chi connectivity index (χ3v) is 5.02. The fraction of sp³-hybridized carbons (Fsp3) is 0.286. The second-order valence-electron chi connectivity index (χ2n) is 6.76. The molecule has 1 aliphatic heterocycles. The molecule has 0 radical (unpaired) electrons. The average Bonchev–Trinajstić information content (AvgIpc) is 2.94. The second kappa shape index (κ2) is 7.20. The van der Waals surface area contributed by atoms with Crippen molar-refractivity contribution in [3.63, 3.8) is 0 Å². The Morgan fingerprint density at radius 2 is 1.77 bits per heavy atom. The number of carbonyl (C=O) groups is 1. The highest BCUT2D eigenvalue weighted by Gasteiger charge is 2.24. The summed E-state index contributed by atoms with van der Waals surface area (Å²) < 4.78 is 13.2. The summed E-state index contributed by atoms with van der Waals surface area (Å²) in [6.07, 6.45) is 6.34. The van der Waals surface area contributed by atoms with Crippen LogP contribution in [0.25, 0.3) is 11.0 Å². The summed E-state index contributed by atoms with van der Waals surface area (Å²) in [5.41, 5.74) is 3.24. The predicted octanol–water partition coefficient (Wildman–Crippen LogP) is 4.18. The van der Waals surface area contributed by atoms with Gasteiger partial charge in [0.1, 0.15) is 5.82 Å². The summed E-state index contributed by atoms with van der Waals surface area (Å²) in [4.78, 5) is 23.5. The van der Waals surface area contributed by atoms with Crippen molar-refractivity contribution >= 4 is 16.9 Å². The quantitative estimate of drug-likeness (QED) is 0.697. The minimum atomic E-state index is -0.229. The van der Waals surface area contributed by atoms with E-state index in [1.807, 2.05) is 35.2 Å². The number of hydrogen-bond donors (Lipinski definition) is 0. The maximum absolute atomic E-state index is 13.2. The molecule has 0 aliphatic carbocycles. The molecule has 0 spiro atoms. The van der Waals surface area contributed by atoms with E-state index in [2.05, 4.69) is 9.97 Å². The lowest BCUT2D eigenvalue weighted by atomic mass is 9.94. The summed E-state index contributed by atoms with van der Waals surface area (Å²) in [5.74, 6) is 0.0291. The molecule has 1 fully saturated rings. The third kappa shape index (κ3) is 3.43. The van der Waals surface area contributed by atoms with Crippen LogP contribution in [0.3, 0.4) is 0 Å². The van der Waals surface area contributed by atoms with Crippen molar-refractivity contribution in [3.05, 3.63) is 71.8 Å². The third-order valence-electron chi connectivity index (χ3n) is 5.02. The van der Waals surface area contributed by atoms with E-state index in [0.29, 0.717) is 12.1 Å². The van der Waals surface area contributed by atoms with Crippen LogP contribution in [-0.2, 0) is 0 Å². The van der Waals surface area contributed by atoms with Gasteiger partial charge in [0.15, 0.2) is 0 Å². The molecule has 0 unspecified atom stereocenters. The number of amides is 1. The van der Waals surface area contributed by atoms with Crippen LogP contribution >= 0.6 is 0 Å². The van der Waals surface area contributed by atoms with Crippen LogP contribution in [0.1, 0.15) is 41.1 Å². The van der Waals surface area contributed by atoms with Gasteiger partial charge in [-0.2, -0.15) is 0 Å². The fourth-order valence-corrected chi connectivity index (χ4v) is 3.61. The highest BCUT2D eigenvalue weighted by Crippen LogP contribution is 2.27. The van der Waals surface area contributed by atoms with Crippen LogP contribution in [0.2, 0.25) is 0 Å². The molecule has 3 aromatic rings. The molecule has 0 bridgehead atoms. The van der Waals surface area contributed by atoms with Crippen molar-refractivity contribution < 1.29 is 9.18 Å². The van der Waals surface area contributed by atoms with Crippen LogP contribution in [0, 0.1) is 5.82 Å². The molecule has 4 rings (SSSR count). The van der Waals surface area contributed by atoms with Crippen molar-refractivity contribution in [3.8, 4) is 0 Å². The van der Waals surface area contributed by atoms with E-state index in [4.69, 9.17) is 0 Å². The van der Waals surface area contributed by atoms with E-state index >= 15 is 0 Å². The molecule has 1 amide bonds. The number of benzene rings is 2. The van der Waals surface area contributed by atoms with E-state index in [1.165, 1.54) is 12.1 Å². The first-order valence-corrected chi connectivity index (χ1v) is 8.96. The first-order chi connectivity index (χ1) is 12.7. The lowest BCUT2D eigenvalue weighted by Crippen LogP contribution is -2.34. The van der Waals surface area contributed by atoms with Crippen molar-refractivity contribution in [1.29, 1.82) is 0 Å². The predicted molar refractivity (Wildman–Crippen MR) is 98.4 cm³/mol. The molecule has 0 N–H and O–H groups in total. The van der Waals surface area contributed by atoms with Crippen LogP contribution in [-0.4, -0.2) is 33.9 Å². The summed E-state index contributed by atoms with van der Waals surface area (Å²) in [7, 11) is 0.